The van der Waals surface area contributed by atoms with Crippen molar-refractivity contribution in [1.82, 2.24) is 30.5 Å². The van der Waals surface area contributed by atoms with Gasteiger partial charge in [-0.05, 0) is 55.0 Å². The van der Waals surface area contributed by atoms with Crippen LogP contribution in [0.25, 0.3) is 33.2 Å². The summed E-state index contributed by atoms with van der Waals surface area (Å²) < 4.78 is 0. The van der Waals surface area contributed by atoms with Gasteiger partial charge in [0.1, 0.15) is 0 Å². The van der Waals surface area contributed by atoms with E-state index in [9.17, 15) is 4.79 Å². The van der Waals surface area contributed by atoms with Gasteiger partial charge in [0.05, 0.1) is 28.3 Å². The number of aromatic nitrogens is 5. The minimum atomic E-state index is -0.371. The average molecular weight is 451 g/mol. The minimum Gasteiger partial charge on any atom is -0.343 e. The number of rotatable bonds is 4. The quantitative estimate of drug-likeness (QED) is 0.345. The molecule has 5 aromatic rings. The highest BCUT2D eigenvalue weighted by Gasteiger charge is 2.18. The topological polar surface area (TPSA) is 99.3 Å². The maximum Gasteiger partial charge on any atom is 0.289 e. The van der Waals surface area contributed by atoms with Gasteiger partial charge in [-0.15, -0.1) is 0 Å². The van der Waals surface area contributed by atoms with Crippen LogP contribution in [0.15, 0.2) is 54.9 Å². The Hall–Kier alpha value is -3.42. The molecule has 154 valence electrons. The molecule has 0 saturated heterocycles. The summed E-state index contributed by atoms with van der Waals surface area (Å²) in [7, 11) is 0. The molecule has 0 radical (unpaired) electrons. The summed E-state index contributed by atoms with van der Waals surface area (Å²) in [6.07, 6.45) is 3.47. The summed E-state index contributed by atoms with van der Waals surface area (Å²) in [5, 5.41) is 11.2. The number of fused-ring (bicyclic) bond motifs is 2. The van der Waals surface area contributed by atoms with Crippen molar-refractivity contribution in [3.63, 3.8) is 0 Å². The molecule has 0 aliphatic heterocycles. The smallest absolute Gasteiger partial charge is 0.289 e. The molecule has 0 fully saturated rings. The van der Waals surface area contributed by atoms with Crippen LogP contribution in [0.2, 0.25) is 10.0 Å². The molecule has 2 aromatic carbocycles. The van der Waals surface area contributed by atoms with Gasteiger partial charge in [0, 0.05) is 33.4 Å². The first-order valence-corrected chi connectivity index (χ1v) is 10.3. The molecule has 0 aliphatic carbocycles. The number of carbonyl (C=O) groups excluding carboxylic acids is 1. The highest BCUT2D eigenvalue weighted by Crippen LogP contribution is 2.29. The van der Waals surface area contributed by atoms with Crippen LogP contribution in [0, 0.1) is 0 Å². The minimum absolute atomic E-state index is 0.108. The van der Waals surface area contributed by atoms with E-state index in [1.54, 1.807) is 30.6 Å². The van der Waals surface area contributed by atoms with E-state index < -0.39 is 0 Å². The summed E-state index contributed by atoms with van der Waals surface area (Å²) in [5.41, 5.74) is 4.85. The Labute approximate surface area is 186 Å². The second-order valence-corrected chi connectivity index (χ2v) is 8.07. The third kappa shape index (κ3) is 3.73. The number of benzene rings is 2. The Kier molecular flexibility index (Phi) is 4.84. The van der Waals surface area contributed by atoms with Gasteiger partial charge in [0.2, 0.25) is 5.82 Å². The molecule has 1 amide bonds. The van der Waals surface area contributed by atoms with E-state index >= 15 is 0 Å². The maximum absolute atomic E-state index is 12.8. The first-order chi connectivity index (χ1) is 15.0. The molecule has 0 bridgehead atoms. The number of aromatic amines is 2. The molecule has 1 atom stereocenters. The van der Waals surface area contributed by atoms with Gasteiger partial charge in [0.15, 0.2) is 0 Å². The Morgan fingerprint density at radius 2 is 1.65 bits per heavy atom. The zero-order valence-corrected chi connectivity index (χ0v) is 17.8. The molecule has 3 aromatic heterocycles. The highest BCUT2D eigenvalue weighted by molar-refractivity contribution is 6.34. The van der Waals surface area contributed by atoms with Crippen LogP contribution < -0.4 is 5.32 Å². The van der Waals surface area contributed by atoms with Crippen molar-refractivity contribution in [2.75, 3.05) is 0 Å². The van der Waals surface area contributed by atoms with E-state index in [4.69, 9.17) is 23.2 Å². The van der Waals surface area contributed by atoms with E-state index in [0.29, 0.717) is 21.1 Å². The third-order valence-electron chi connectivity index (χ3n) is 5.06. The summed E-state index contributed by atoms with van der Waals surface area (Å²) >= 11 is 12.1. The van der Waals surface area contributed by atoms with Crippen LogP contribution in [-0.4, -0.2) is 31.1 Å². The number of amides is 1. The zero-order chi connectivity index (χ0) is 21.5. The second-order valence-electron chi connectivity index (χ2n) is 7.19. The lowest BCUT2D eigenvalue weighted by molar-refractivity contribution is 0.0930. The molecule has 7 nitrogen and oxygen atoms in total. The fourth-order valence-corrected chi connectivity index (χ4v) is 4.08. The molecule has 0 aliphatic rings. The van der Waals surface area contributed by atoms with Gasteiger partial charge >= 0.3 is 0 Å². The van der Waals surface area contributed by atoms with Crippen LogP contribution in [0.4, 0.5) is 0 Å². The average Bonchev–Trinajstić information content (AvgIpc) is 3.35. The van der Waals surface area contributed by atoms with Gasteiger partial charge in [-0.25, -0.2) is 9.97 Å². The van der Waals surface area contributed by atoms with Gasteiger partial charge in [-0.3, -0.25) is 14.9 Å². The van der Waals surface area contributed by atoms with E-state index in [1.807, 2.05) is 31.2 Å². The van der Waals surface area contributed by atoms with Crippen molar-refractivity contribution in [3.05, 3.63) is 76.3 Å². The van der Waals surface area contributed by atoms with Crippen molar-refractivity contribution in [2.45, 2.75) is 13.0 Å². The molecule has 0 spiro atoms. The van der Waals surface area contributed by atoms with E-state index in [2.05, 4.69) is 30.5 Å². The first kappa shape index (κ1) is 19.5. The molecule has 3 N–H and O–H groups in total. The normalized spacial score (nSPS) is 12.4. The van der Waals surface area contributed by atoms with Crippen molar-refractivity contribution in [2.24, 2.45) is 0 Å². The Balaban J connectivity index is 1.46. The summed E-state index contributed by atoms with van der Waals surface area (Å²) in [6.45, 7) is 1.85. The molecule has 3 heterocycles. The Bertz CT molecular complexity index is 1410. The third-order valence-corrected chi connectivity index (χ3v) is 5.50. The molecule has 0 saturated carbocycles. The number of hydrogen-bond acceptors (Lipinski definition) is 4. The number of nitrogens with zero attached hydrogens (tertiary/aromatic N) is 3. The summed E-state index contributed by atoms with van der Waals surface area (Å²) in [6, 6.07) is 12.5. The van der Waals surface area contributed by atoms with Crippen LogP contribution >= 0.6 is 23.2 Å². The van der Waals surface area contributed by atoms with Crippen molar-refractivity contribution >= 4 is 51.0 Å². The largest absolute Gasteiger partial charge is 0.343 e. The van der Waals surface area contributed by atoms with Gasteiger partial charge in [-0.2, -0.15) is 0 Å². The standard InChI is InChI=1S/C22H16Cl2N6O/c1-11(13-6-14(23)8-15(24)7-13)26-22(31)21-27-18-9-16-17(10-19(18)28-21)29-30-20(16)12-2-4-25-5-3-12/h2-11,29-30H,1H3,(H,26,31). The molecule has 1 unspecified atom stereocenters. The van der Waals surface area contributed by atoms with Crippen molar-refractivity contribution in [3.8, 4) is 11.3 Å². The SMILES string of the molecule is CC(NC(=O)c1nc2cc3[nH][nH]c(-c4ccncc4)c3cc2n1)c1cc(Cl)cc(Cl)c1. The lowest BCUT2D eigenvalue weighted by atomic mass is 10.1. The molecule has 31 heavy (non-hydrogen) atoms. The molecular weight excluding hydrogens is 435 g/mol. The fourth-order valence-electron chi connectivity index (χ4n) is 3.53. The zero-order valence-electron chi connectivity index (χ0n) is 16.3. The fraction of sp³-hybridized carbons (Fsp3) is 0.0909. The van der Waals surface area contributed by atoms with Crippen LogP contribution in [-0.2, 0) is 0 Å². The van der Waals surface area contributed by atoms with Crippen molar-refractivity contribution in [1.29, 1.82) is 0 Å². The van der Waals surface area contributed by atoms with Crippen molar-refractivity contribution < 1.29 is 4.79 Å². The maximum atomic E-state index is 12.8. The van der Waals surface area contributed by atoms with E-state index in [-0.39, 0.29) is 17.8 Å². The predicted octanol–water partition coefficient (Wildman–Crippen LogP) is 5.30. The number of pyridine rings is 1. The lowest BCUT2D eigenvalue weighted by Gasteiger charge is -2.14. The number of imidazole rings is 1. The van der Waals surface area contributed by atoms with Gasteiger partial charge in [-0.1, -0.05) is 23.2 Å². The van der Waals surface area contributed by atoms with Crippen LogP contribution in [0.3, 0.4) is 0 Å². The Morgan fingerprint density at radius 3 is 2.35 bits per heavy atom. The van der Waals surface area contributed by atoms with Gasteiger partial charge < -0.3 is 10.4 Å². The summed E-state index contributed by atoms with van der Waals surface area (Å²) in [5.74, 6) is -0.263. The predicted molar refractivity (Wildman–Crippen MR) is 121 cm³/mol. The summed E-state index contributed by atoms with van der Waals surface area (Å²) in [4.78, 5) is 25.7. The monoisotopic (exact) mass is 450 g/mol. The second kappa shape index (κ2) is 7.68. The molecular formula is C22H16Cl2N6O. The lowest BCUT2D eigenvalue weighted by Crippen LogP contribution is -2.27. The number of halogens is 2. The number of H-pyrrole nitrogens is 2. The van der Waals surface area contributed by atoms with Gasteiger partial charge in [0.25, 0.3) is 5.91 Å². The van der Waals surface area contributed by atoms with Crippen LogP contribution in [0.5, 0.6) is 0 Å². The Morgan fingerprint density at radius 1 is 0.968 bits per heavy atom. The molecule has 9 heteroatoms. The highest BCUT2D eigenvalue weighted by atomic mass is 35.5. The number of carbonyl (C=O) groups is 1. The molecule has 5 rings (SSSR count). The van der Waals surface area contributed by atoms with Crippen LogP contribution in [0.1, 0.15) is 29.1 Å². The van der Waals surface area contributed by atoms with E-state index in [0.717, 1.165) is 27.7 Å². The van der Waals surface area contributed by atoms with E-state index in [1.165, 1.54) is 0 Å². The number of nitrogens with one attached hydrogen (secondary N) is 3. The number of hydrogen-bond donors (Lipinski definition) is 3. The first-order valence-electron chi connectivity index (χ1n) is 9.53.